The van der Waals surface area contributed by atoms with Crippen LogP contribution in [0.15, 0.2) is 40.6 Å². The zero-order chi connectivity index (χ0) is 18.6. The van der Waals surface area contributed by atoms with Gasteiger partial charge in [-0.3, -0.25) is 4.79 Å². The van der Waals surface area contributed by atoms with Gasteiger partial charge >= 0.3 is 0 Å². The third-order valence-corrected chi connectivity index (χ3v) is 7.30. The van der Waals surface area contributed by atoms with Crippen LogP contribution in [-0.4, -0.2) is 32.2 Å². The Morgan fingerprint density at radius 1 is 1.24 bits per heavy atom. The molecule has 0 saturated carbocycles. The number of carbonyl (C=O) groups excluding carboxylic acids is 1. The molecule has 0 aliphatic heterocycles. The Bertz CT molecular complexity index is 832. The van der Waals surface area contributed by atoms with Crippen LogP contribution in [0.3, 0.4) is 0 Å². The van der Waals surface area contributed by atoms with Crippen molar-refractivity contribution in [2.45, 2.75) is 30.5 Å². The highest BCUT2D eigenvalue weighted by Crippen LogP contribution is 2.27. The highest BCUT2D eigenvalue weighted by Gasteiger charge is 2.25. The van der Waals surface area contributed by atoms with Crippen molar-refractivity contribution in [3.05, 3.63) is 51.9 Å². The summed E-state index contributed by atoms with van der Waals surface area (Å²) in [5.74, 6) is -0.346. The molecule has 1 amide bonds. The molecule has 0 bridgehead atoms. The molecule has 5 nitrogen and oxygen atoms in total. The number of nitrogens with one attached hydrogen (secondary N) is 1. The first-order chi connectivity index (χ1) is 11.7. The van der Waals surface area contributed by atoms with Gasteiger partial charge in [0, 0.05) is 7.05 Å². The van der Waals surface area contributed by atoms with E-state index >= 15 is 0 Å². The molecule has 1 aromatic carbocycles. The van der Waals surface area contributed by atoms with E-state index in [1.807, 2.05) is 38.1 Å². The van der Waals surface area contributed by atoms with Crippen LogP contribution in [0.5, 0.6) is 0 Å². The van der Waals surface area contributed by atoms with Gasteiger partial charge in [0.05, 0.1) is 16.9 Å². The summed E-state index contributed by atoms with van der Waals surface area (Å²) in [6.45, 7) is 3.72. The van der Waals surface area contributed by atoms with E-state index in [0.29, 0.717) is 10.8 Å². The summed E-state index contributed by atoms with van der Waals surface area (Å²) in [4.78, 5) is 12.3. The second-order valence-corrected chi connectivity index (χ2v) is 9.75. The van der Waals surface area contributed by atoms with Gasteiger partial charge in [-0.25, -0.2) is 8.42 Å². The number of aryl methyl sites for hydroxylation is 1. The molecule has 0 aliphatic carbocycles. The van der Waals surface area contributed by atoms with E-state index in [0.717, 1.165) is 26.8 Å². The van der Waals surface area contributed by atoms with Crippen molar-refractivity contribution in [1.29, 1.82) is 0 Å². The fraction of sp³-hybridized carbons (Fsp3) is 0.353. The molecule has 25 heavy (non-hydrogen) atoms. The van der Waals surface area contributed by atoms with E-state index in [2.05, 4.69) is 5.32 Å². The first kappa shape index (κ1) is 19.9. The molecule has 0 spiro atoms. The van der Waals surface area contributed by atoms with Crippen LogP contribution in [-0.2, 0) is 14.8 Å². The van der Waals surface area contributed by atoms with E-state index in [9.17, 15) is 13.2 Å². The number of sulfonamides is 1. The summed E-state index contributed by atoms with van der Waals surface area (Å²) in [5.41, 5.74) is 2.14. The lowest BCUT2D eigenvalue weighted by molar-refractivity contribution is -0.121. The molecule has 1 atom stereocenters. The van der Waals surface area contributed by atoms with E-state index in [1.54, 1.807) is 0 Å². The van der Waals surface area contributed by atoms with Crippen LogP contribution < -0.4 is 5.32 Å². The van der Waals surface area contributed by atoms with Crippen LogP contribution in [0, 0.1) is 6.92 Å². The number of likely N-dealkylation sites (N-methyl/N-ethyl adjacent to an activating group) is 1. The van der Waals surface area contributed by atoms with Gasteiger partial charge in [0.2, 0.25) is 5.91 Å². The van der Waals surface area contributed by atoms with Crippen LogP contribution in [0.4, 0.5) is 0 Å². The number of benzene rings is 1. The Hall–Kier alpha value is -1.41. The summed E-state index contributed by atoms with van der Waals surface area (Å²) < 4.78 is 26.4. The maximum Gasteiger partial charge on any atom is 0.252 e. The van der Waals surface area contributed by atoms with Crippen LogP contribution in [0.1, 0.15) is 30.5 Å². The Morgan fingerprint density at radius 3 is 2.40 bits per heavy atom. The highest BCUT2D eigenvalue weighted by atomic mass is 35.5. The maximum absolute atomic E-state index is 12.4. The SMILES string of the molecule is CCC(NC(=O)CN(C)S(=O)(=O)c1ccc(Cl)s1)c1ccc(C)cc1. The number of amides is 1. The molecule has 0 radical (unpaired) electrons. The third kappa shape index (κ3) is 5.04. The van der Waals surface area contributed by atoms with E-state index in [-0.39, 0.29) is 22.7 Å². The van der Waals surface area contributed by atoms with Crippen LogP contribution in [0.25, 0.3) is 0 Å². The molecule has 136 valence electrons. The number of thiophene rings is 1. The summed E-state index contributed by atoms with van der Waals surface area (Å²) in [7, 11) is -2.34. The predicted octanol–water partition coefficient (Wildman–Crippen LogP) is 3.60. The third-order valence-electron chi connectivity index (χ3n) is 3.80. The number of halogens is 1. The van der Waals surface area contributed by atoms with Gasteiger partial charge in [-0.15, -0.1) is 11.3 Å². The zero-order valence-electron chi connectivity index (χ0n) is 14.3. The first-order valence-electron chi connectivity index (χ1n) is 7.81. The van der Waals surface area contributed by atoms with Crippen molar-refractivity contribution in [2.24, 2.45) is 0 Å². The molecule has 0 fully saturated rings. The fourth-order valence-electron chi connectivity index (χ4n) is 2.34. The van der Waals surface area contributed by atoms with E-state index in [4.69, 9.17) is 11.6 Å². The van der Waals surface area contributed by atoms with Gasteiger partial charge in [0.1, 0.15) is 4.21 Å². The Kier molecular flexibility index (Phi) is 6.62. The number of rotatable bonds is 7. The summed E-state index contributed by atoms with van der Waals surface area (Å²) in [5, 5.41) is 2.89. The lowest BCUT2D eigenvalue weighted by Gasteiger charge is -2.20. The van der Waals surface area contributed by atoms with E-state index < -0.39 is 10.0 Å². The molecule has 8 heteroatoms. The van der Waals surface area contributed by atoms with Gasteiger partial charge in [0.25, 0.3) is 10.0 Å². The monoisotopic (exact) mass is 400 g/mol. The average Bonchev–Trinajstić information content (AvgIpc) is 3.00. The molecular weight excluding hydrogens is 380 g/mol. The smallest absolute Gasteiger partial charge is 0.252 e. The average molecular weight is 401 g/mol. The van der Waals surface area contributed by atoms with Gasteiger partial charge in [-0.1, -0.05) is 48.4 Å². The van der Waals surface area contributed by atoms with E-state index in [1.165, 1.54) is 19.2 Å². The van der Waals surface area contributed by atoms with Gasteiger partial charge in [-0.2, -0.15) is 4.31 Å². The Labute approximate surface area is 157 Å². The number of hydrogen-bond donors (Lipinski definition) is 1. The van der Waals surface area contributed by atoms with Crippen LogP contribution in [0.2, 0.25) is 4.34 Å². The summed E-state index contributed by atoms with van der Waals surface area (Å²) in [6.07, 6.45) is 0.714. The van der Waals surface area contributed by atoms with Crippen molar-refractivity contribution in [1.82, 2.24) is 9.62 Å². The number of carbonyl (C=O) groups is 1. The van der Waals surface area contributed by atoms with Gasteiger partial charge in [-0.05, 0) is 31.0 Å². The molecule has 1 N–H and O–H groups in total. The minimum absolute atomic E-state index is 0.123. The summed E-state index contributed by atoms with van der Waals surface area (Å²) in [6, 6.07) is 10.7. The minimum Gasteiger partial charge on any atom is -0.348 e. The Morgan fingerprint density at radius 2 is 1.88 bits per heavy atom. The van der Waals surface area contributed by atoms with Gasteiger partial charge < -0.3 is 5.32 Å². The maximum atomic E-state index is 12.4. The molecule has 0 saturated heterocycles. The fourth-order valence-corrected chi connectivity index (χ4v) is 5.16. The largest absolute Gasteiger partial charge is 0.348 e. The Balaban J connectivity index is 2.04. The molecular formula is C17H21ClN2O3S2. The first-order valence-corrected chi connectivity index (χ1v) is 10.4. The normalized spacial score (nSPS) is 13.0. The number of hydrogen-bond acceptors (Lipinski definition) is 4. The molecule has 1 aromatic heterocycles. The topological polar surface area (TPSA) is 66.5 Å². The zero-order valence-corrected chi connectivity index (χ0v) is 16.7. The molecule has 1 unspecified atom stereocenters. The van der Waals surface area contributed by atoms with Crippen molar-refractivity contribution >= 4 is 38.9 Å². The highest BCUT2D eigenvalue weighted by molar-refractivity contribution is 7.91. The molecule has 2 aromatic rings. The lowest BCUT2D eigenvalue weighted by atomic mass is 10.0. The van der Waals surface area contributed by atoms with Crippen molar-refractivity contribution in [3.63, 3.8) is 0 Å². The quantitative estimate of drug-likeness (QED) is 0.772. The minimum atomic E-state index is -3.72. The van der Waals surface area contributed by atoms with Gasteiger partial charge in [0.15, 0.2) is 0 Å². The van der Waals surface area contributed by atoms with Crippen molar-refractivity contribution in [3.8, 4) is 0 Å². The van der Waals surface area contributed by atoms with Crippen molar-refractivity contribution in [2.75, 3.05) is 13.6 Å². The predicted molar refractivity (Wildman–Crippen MR) is 101 cm³/mol. The molecule has 2 rings (SSSR count). The second kappa shape index (κ2) is 8.31. The molecule has 1 heterocycles. The van der Waals surface area contributed by atoms with Crippen LogP contribution >= 0.6 is 22.9 Å². The lowest BCUT2D eigenvalue weighted by Crippen LogP contribution is -2.39. The second-order valence-electron chi connectivity index (χ2n) is 5.76. The van der Waals surface area contributed by atoms with Crippen molar-refractivity contribution < 1.29 is 13.2 Å². The summed E-state index contributed by atoms with van der Waals surface area (Å²) >= 11 is 6.77. The molecule has 0 aliphatic rings. The number of nitrogens with zero attached hydrogens (tertiary/aromatic N) is 1. The standard InChI is InChI=1S/C17H21ClN2O3S2/c1-4-14(13-7-5-12(2)6-8-13)19-16(21)11-20(3)25(22,23)17-10-9-15(18)24-17/h5-10,14H,4,11H2,1-3H3,(H,19,21).